The molecule has 0 spiro atoms. The molecular formula is C37H56N2O3S. The van der Waals surface area contributed by atoms with E-state index < -0.39 is 0 Å². The van der Waals surface area contributed by atoms with Crippen molar-refractivity contribution in [2.24, 2.45) is 0 Å². The Bertz CT molecular complexity index is 1120. The lowest BCUT2D eigenvalue weighted by Gasteiger charge is -2.21. The summed E-state index contributed by atoms with van der Waals surface area (Å²) in [5, 5.41) is 5.15. The number of carbonyl (C=O) groups excluding carboxylic acids is 1. The van der Waals surface area contributed by atoms with Crippen molar-refractivity contribution >= 4 is 23.4 Å². The predicted molar refractivity (Wildman–Crippen MR) is 184 cm³/mol. The predicted octanol–water partition coefficient (Wildman–Crippen LogP) is 10.4. The van der Waals surface area contributed by atoms with Crippen molar-refractivity contribution in [2.75, 3.05) is 24.4 Å². The molecule has 0 bridgehead atoms. The highest BCUT2D eigenvalue weighted by molar-refractivity contribution is 8.02. The normalized spacial score (nSPS) is 13.2. The Morgan fingerprint density at radius 2 is 1.47 bits per heavy atom. The minimum Gasteiger partial charge on any atom is -0.490 e. The highest BCUT2D eigenvalue weighted by atomic mass is 32.2. The summed E-state index contributed by atoms with van der Waals surface area (Å²) in [6, 6.07) is 14.1. The monoisotopic (exact) mass is 608 g/mol. The van der Waals surface area contributed by atoms with Crippen molar-refractivity contribution in [3.05, 3.63) is 64.7 Å². The van der Waals surface area contributed by atoms with Crippen LogP contribution >= 0.6 is 11.8 Å². The van der Waals surface area contributed by atoms with E-state index in [1.54, 1.807) is 0 Å². The highest BCUT2D eigenvalue weighted by Crippen LogP contribution is 2.34. The lowest BCUT2D eigenvalue weighted by Crippen LogP contribution is -2.21. The molecule has 1 N–H and O–H groups in total. The number of allylic oxidation sites excluding steroid dienone is 1. The average molecular weight is 609 g/mol. The molecule has 1 amide bonds. The summed E-state index contributed by atoms with van der Waals surface area (Å²) in [7, 11) is 0. The molecule has 0 unspecified atom stereocenters. The number of rotatable bonds is 20. The van der Waals surface area contributed by atoms with Gasteiger partial charge in [0.25, 0.3) is 5.91 Å². The lowest BCUT2D eigenvalue weighted by atomic mass is 9.87. The minimum absolute atomic E-state index is 0.00121. The van der Waals surface area contributed by atoms with Crippen LogP contribution in [0.25, 0.3) is 0 Å². The third-order valence-corrected chi connectivity index (χ3v) is 8.99. The number of thioether (sulfide) groups is 1. The number of benzene rings is 2. The summed E-state index contributed by atoms with van der Waals surface area (Å²) in [4.78, 5) is 15.1. The number of carbonyl (C=O) groups is 1. The summed E-state index contributed by atoms with van der Waals surface area (Å²) >= 11 is 1.82. The summed E-state index contributed by atoms with van der Waals surface area (Å²) in [6.07, 6.45) is 15.8. The highest BCUT2D eigenvalue weighted by Gasteiger charge is 2.18. The molecule has 43 heavy (non-hydrogen) atoms. The molecule has 0 fully saturated rings. The first-order valence-corrected chi connectivity index (χ1v) is 17.6. The van der Waals surface area contributed by atoms with Crippen LogP contribution in [0.4, 0.5) is 5.69 Å². The van der Waals surface area contributed by atoms with Crippen molar-refractivity contribution in [3.8, 4) is 11.5 Å². The van der Waals surface area contributed by atoms with Crippen LogP contribution in [0.5, 0.6) is 11.5 Å². The minimum atomic E-state index is -0.186. The molecule has 0 saturated heterocycles. The average Bonchev–Trinajstić information content (AvgIpc) is 3.39. The van der Waals surface area contributed by atoms with Gasteiger partial charge in [0.05, 0.1) is 12.5 Å². The fourth-order valence-corrected chi connectivity index (χ4v) is 6.12. The molecular weight excluding hydrogens is 552 g/mol. The molecule has 0 saturated carbocycles. The maximum absolute atomic E-state index is 12.7. The summed E-state index contributed by atoms with van der Waals surface area (Å²) < 4.78 is 12.2. The molecule has 1 aliphatic heterocycles. The van der Waals surface area contributed by atoms with E-state index >= 15 is 0 Å². The van der Waals surface area contributed by atoms with Gasteiger partial charge in [-0.1, -0.05) is 117 Å². The van der Waals surface area contributed by atoms with Crippen LogP contribution < -0.4 is 14.8 Å². The van der Waals surface area contributed by atoms with Crippen molar-refractivity contribution in [1.82, 2.24) is 4.90 Å². The smallest absolute Gasteiger partial charge is 0.262 e. The fourth-order valence-electron chi connectivity index (χ4n) is 5.18. The molecule has 3 rings (SSSR count). The fraction of sp³-hybridized carbons (Fsp3) is 0.595. The lowest BCUT2D eigenvalue weighted by molar-refractivity contribution is -0.118. The van der Waals surface area contributed by atoms with Gasteiger partial charge in [-0.25, -0.2) is 0 Å². The van der Waals surface area contributed by atoms with E-state index in [1.807, 2.05) is 30.0 Å². The summed E-state index contributed by atoms with van der Waals surface area (Å²) in [5.74, 6) is 2.14. The van der Waals surface area contributed by atoms with Crippen LogP contribution in [0, 0.1) is 0 Å². The van der Waals surface area contributed by atoms with E-state index in [4.69, 9.17) is 9.47 Å². The number of anilines is 1. The zero-order valence-electron chi connectivity index (χ0n) is 27.5. The second kappa shape index (κ2) is 18.9. The number of amides is 1. The van der Waals surface area contributed by atoms with Gasteiger partial charge in [-0.2, -0.15) is 0 Å². The third-order valence-electron chi connectivity index (χ3n) is 8.02. The van der Waals surface area contributed by atoms with E-state index in [1.165, 1.54) is 87.5 Å². The van der Waals surface area contributed by atoms with E-state index in [0.717, 1.165) is 30.3 Å². The molecule has 0 aromatic heterocycles. The number of ether oxygens (including phenoxy) is 2. The van der Waals surface area contributed by atoms with Gasteiger partial charge in [0.15, 0.2) is 18.1 Å². The molecule has 0 aliphatic carbocycles. The first-order chi connectivity index (χ1) is 20.8. The molecule has 1 heterocycles. The van der Waals surface area contributed by atoms with Crippen LogP contribution in [0.2, 0.25) is 0 Å². The Balaban J connectivity index is 1.40. The van der Waals surface area contributed by atoms with Gasteiger partial charge in [0.2, 0.25) is 0 Å². The Kier molecular flexibility index (Phi) is 15.4. The SMILES string of the molecule is CCCCCCCCCCCCCCOc1cc(C(C)(C)C)ccc1OCC(=O)Nc1ccc(CN2CSC=C2C)cc1. The van der Waals surface area contributed by atoms with Gasteiger partial charge >= 0.3 is 0 Å². The number of hydrogen-bond acceptors (Lipinski definition) is 5. The first kappa shape index (κ1) is 34.9. The Morgan fingerprint density at radius 3 is 2.05 bits per heavy atom. The Hall–Kier alpha value is -2.60. The molecule has 2 aromatic rings. The van der Waals surface area contributed by atoms with Gasteiger partial charge in [0.1, 0.15) is 0 Å². The van der Waals surface area contributed by atoms with Gasteiger partial charge in [-0.05, 0) is 59.6 Å². The van der Waals surface area contributed by atoms with E-state index in [-0.39, 0.29) is 17.9 Å². The van der Waals surface area contributed by atoms with Crippen molar-refractivity contribution in [3.63, 3.8) is 0 Å². The van der Waals surface area contributed by atoms with Crippen LogP contribution in [-0.4, -0.2) is 29.9 Å². The van der Waals surface area contributed by atoms with Crippen LogP contribution in [0.1, 0.15) is 123 Å². The van der Waals surface area contributed by atoms with Crippen molar-refractivity contribution in [1.29, 1.82) is 0 Å². The van der Waals surface area contributed by atoms with Crippen molar-refractivity contribution in [2.45, 2.75) is 124 Å². The molecule has 2 aromatic carbocycles. The zero-order valence-corrected chi connectivity index (χ0v) is 28.3. The van der Waals surface area contributed by atoms with Gasteiger partial charge in [-0.15, -0.1) is 11.8 Å². The van der Waals surface area contributed by atoms with E-state index in [9.17, 15) is 4.79 Å². The molecule has 0 radical (unpaired) electrons. The third kappa shape index (κ3) is 13.3. The van der Waals surface area contributed by atoms with Gasteiger partial charge < -0.3 is 19.7 Å². The molecule has 1 aliphatic rings. The first-order valence-electron chi connectivity index (χ1n) is 16.6. The second-order valence-corrected chi connectivity index (χ2v) is 13.8. The standard InChI is InChI=1S/C37H56N2O3S/c1-6-7-8-9-10-11-12-13-14-15-16-17-24-41-35-25-32(37(3,4)5)20-23-34(35)42-27-36(40)38-33-21-18-31(19-22-33)26-39-29-43-28-30(39)2/h18-23,25,28H,6-17,24,26-27,29H2,1-5H3,(H,38,40). The Labute approximate surface area is 266 Å². The summed E-state index contributed by atoms with van der Waals surface area (Å²) in [5.41, 5.74) is 4.48. The topological polar surface area (TPSA) is 50.8 Å². The zero-order chi connectivity index (χ0) is 30.9. The van der Waals surface area contributed by atoms with E-state index in [0.29, 0.717) is 12.4 Å². The second-order valence-electron chi connectivity index (χ2n) is 12.9. The maximum Gasteiger partial charge on any atom is 0.262 e. The number of nitrogens with one attached hydrogen (secondary N) is 1. The molecule has 6 heteroatoms. The largest absolute Gasteiger partial charge is 0.490 e. The Morgan fingerprint density at radius 1 is 0.837 bits per heavy atom. The van der Waals surface area contributed by atoms with Gasteiger partial charge in [0, 0.05) is 17.9 Å². The number of hydrogen-bond donors (Lipinski definition) is 1. The molecule has 238 valence electrons. The maximum atomic E-state index is 12.7. The van der Waals surface area contributed by atoms with Crippen molar-refractivity contribution < 1.29 is 14.3 Å². The molecule has 5 nitrogen and oxygen atoms in total. The van der Waals surface area contributed by atoms with Crippen LogP contribution in [0.15, 0.2) is 53.6 Å². The quantitative estimate of drug-likeness (QED) is 0.152. The van der Waals surface area contributed by atoms with Gasteiger partial charge in [-0.3, -0.25) is 4.79 Å². The molecule has 0 atom stereocenters. The van der Waals surface area contributed by atoms with Crippen LogP contribution in [-0.2, 0) is 16.8 Å². The number of unbranched alkanes of at least 4 members (excludes halogenated alkanes) is 11. The van der Waals surface area contributed by atoms with Crippen LogP contribution in [0.3, 0.4) is 0 Å². The summed E-state index contributed by atoms with van der Waals surface area (Å²) in [6.45, 7) is 12.5. The number of nitrogens with zero attached hydrogens (tertiary/aromatic N) is 1. The van der Waals surface area contributed by atoms with E-state index in [2.05, 4.69) is 74.5 Å².